The summed E-state index contributed by atoms with van der Waals surface area (Å²) < 4.78 is 37.6. The van der Waals surface area contributed by atoms with Crippen LogP contribution in [-0.2, 0) is 12.7 Å². The molecule has 0 unspecified atom stereocenters. The molecule has 2 aromatic rings. The van der Waals surface area contributed by atoms with E-state index in [1.165, 1.54) is 12.1 Å². The first-order valence-electron chi connectivity index (χ1n) is 6.39. The maximum Gasteiger partial charge on any atom is 0.417 e. The van der Waals surface area contributed by atoms with Gasteiger partial charge >= 0.3 is 6.18 Å². The number of aromatic nitrogens is 1. The second-order valence-electron chi connectivity index (χ2n) is 4.55. The third-order valence-corrected chi connectivity index (χ3v) is 3.85. The molecule has 4 nitrogen and oxygen atoms in total. The standard InChI is InChI=1S/C14H9Cl3F3N3O/c15-8-2-1-3-9(16)12(8)13(24)23-22-6-11-10(17)4-7(5-21-11)14(18,19)20/h1-5,22H,6H2,(H,23,24). The van der Waals surface area contributed by atoms with Crippen LogP contribution >= 0.6 is 34.8 Å². The molecule has 0 atom stereocenters. The molecule has 1 heterocycles. The van der Waals surface area contributed by atoms with E-state index >= 15 is 0 Å². The van der Waals surface area contributed by atoms with Gasteiger partial charge < -0.3 is 0 Å². The van der Waals surface area contributed by atoms with Crippen LogP contribution < -0.4 is 10.9 Å². The lowest BCUT2D eigenvalue weighted by molar-refractivity contribution is -0.137. The first-order chi connectivity index (χ1) is 11.2. The van der Waals surface area contributed by atoms with Crippen LogP contribution in [0, 0.1) is 0 Å². The largest absolute Gasteiger partial charge is 0.417 e. The second kappa shape index (κ2) is 7.57. The van der Waals surface area contributed by atoms with Crippen molar-refractivity contribution in [2.45, 2.75) is 12.7 Å². The Balaban J connectivity index is 2.01. The van der Waals surface area contributed by atoms with E-state index in [0.717, 1.165) is 6.07 Å². The number of halogens is 6. The summed E-state index contributed by atoms with van der Waals surface area (Å²) in [7, 11) is 0. The van der Waals surface area contributed by atoms with E-state index in [1.807, 2.05) is 0 Å². The molecule has 2 rings (SSSR count). The predicted molar refractivity (Wildman–Crippen MR) is 85.0 cm³/mol. The smallest absolute Gasteiger partial charge is 0.287 e. The molecule has 0 aliphatic rings. The number of rotatable bonds is 4. The number of carbonyl (C=O) groups is 1. The van der Waals surface area contributed by atoms with Crippen LogP contribution in [0.1, 0.15) is 21.6 Å². The number of hydrogen-bond acceptors (Lipinski definition) is 3. The molecular weight excluding hydrogens is 390 g/mol. The first-order valence-corrected chi connectivity index (χ1v) is 7.52. The van der Waals surface area contributed by atoms with Crippen molar-refractivity contribution < 1.29 is 18.0 Å². The summed E-state index contributed by atoms with van der Waals surface area (Å²) in [4.78, 5) is 15.6. The summed E-state index contributed by atoms with van der Waals surface area (Å²) in [5.41, 5.74) is 4.08. The fourth-order valence-electron chi connectivity index (χ4n) is 1.74. The van der Waals surface area contributed by atoms with Gasteiger partial charge in [-0.25, -0.2) is 5.43 Å². The van der Waals surface area contributed by atoms with Crippen molar-refractivity contribution in [2.75, 3.05) is 0 Å². The molecular formula is C14H9Cl3F3N3O. The highest BCUT2D eigenvalue weighted by Gasteiger charge is 2.31. The Morgan fingerprint density at radius 3 is 2.29 bits per heavy atom. The quantitative estimate of drug-likeness (QED) is 0.746. The van der Waals surface area contributed by atoms with Crippen LogP contribution in [0.5, 0.6) is 0 Å². The van der Waals surface area contributed by atoms with Crippen molar-refractivity contribution in [3.8, 4) is 0 Å². The minimum Gasteiger partial charge on any atom is -0.287 e. The van der Waals surface area contributed by atoms with E-state index < -0.39 is 17.6 Å². The molecule has 128 valence electrons. The molecule has 2 N–H and O–H groups in total. The maximum absolute atomic E-state index is 12.5. The van der Waals surface area contributed by atoms with Crippen LogP contribution in [0.3, 0.4) is 0 Å². The molecule has 0 fully saturated rings. The normalized spacial score (nSPS) is 11.4. The number of nitrogens with one attached hydrogen (secondary N) is 2. The summed E-state index contributed by atoms with van der Waals surface area (Å²) in [5, 5.41) is 0.141. The fraction of sp³-hybridized carbons (Fsp3) is 0.143. The molecule has 1 aromatic carbocycles. The fourth-order valence-corrected chi connectivity index (χ4v) is 2.54. The highest BCUT2D eigenvalue weighted by Crippen LogP contribution is 2.31. The number of benzene rings is 1. The lowest BCUT2D eigenvalue weighted by atomic mass is 10.2. The minimum atomic E-state index is -4.53. The monoisotopic (exact) mass is 397 g/mol. The SMILES string of the molecule is O=C(NNCc1ncc(C(F)(F)F)cc1Cl)c1c(Cl)cccc1Cl. The summed E-state index contributed by atoms with van der Waals surface area (Å²) >= 11 is 17.5. The van der Waals surface area contributed by atoms with Gasteiger partial charge in [0.2, 0.25) is 0 Å². The van der Waals surface area contributed by atoms with Gasteiger partial charge in [0, 0.05) is 6.20 Å². The summed E-state index contributed by atoms with van der Waals surface area (Å²) in [6.07, 6.45) is -3.87. The molecule has 0 bridgehead atoms. The molecule has 0 spiro atoms. The lowest BCUT2D eigenvalue weighted by Crippen LogP contribution is -2.37. The van der Waals surface area contributed by atoms with Gasteiger partial charge in [-0.1, -0.05) is 40.9 Å². The van der Waals surface area contributed by atoms with Gasteiger partial charge in [-0.15, -0.1) is 0 Å². The molecule has 24 heavy (non-hydrogen) atoms. The zero-order chi connectivity index (χ0) is 17.9. The van der Waals surface area contributed by atoms with Crippen molar-refractivity contribution in [3.63, 3.8) is 0 Å². The van der Waals surface area contributed by atoms with Gasteiger partial charge in [-0.05, 0) is 18.2 Å². The van der Waals surface area contributed by atoms with Crippen molar-refractivity contribution in [1.82, 2.24) is 15.8 Å². The van der Waals surface area contributed by atoms with E-state index in [2.05, 4.69) is 15.8 Å². The number of carbonyl (C=O) groups excluding carboxylic acids is 1. The Bertz CT molecular complexity index is 748. The second-order valence-corrected chi connectivity index (χ2v) is 5.78. The van der Waals surface area contributed by atoms with Gasteiger partial charge in [0.05, 0.1) is 38.4 Å². The number of amides is 1. The Labute approximate surface area is 149 Å². The number of hydrogen-bond donors (Lipinski definition) is 2. The topological polar surface area (TPSA) is 54.0 Å². The highest BCUT2D eigenvalue weighted by atomic mass is 35.5. The van der Waals surface area contributed by atoms with Gasteiger partial charge in [0.1, 0.15) is 0 Å². The van der Waals surface area contributed by atoms with Crippen molar-refractivity contribution in [1.29, 1.82) is 0 Å². The molecule has 10 heteroatoms. The van der Waals surface area contributed by atoms with Gasteiger partial charge in [-0.3, -0.25) is 15.2 Å². The number of alkyl halides is 3. The van der Waals surface area contributed by atoms with Crippen molar-refractivity contribution >= 4 is 40.7 Å². The summed E-state index contributed by atoms with van der Waals surface area (Å²) in [6.45, 7) is -0.0925. The highest BCUT2D eigenvalue weighted by molar-refractivity contribution is 6.39. The number of pyridine rings is 1. The van der Waals surface area contributed by atoms with Gasteiger partial charge in [0.15, 0.2) is 0 Å². The van der Waals surface area contributed by atoms with Gasteiger partial charge in [-0.2, -0.15) is 13.2 Å². The molecule has 0 radical (unpaired) electrons. The van der Waals surface area contributed by atoms with Crippen molar-refractivity contribution in [2.24, 2.45) is 0 Å². The van der Waals surface area contributed by atoms with E-state index in [0.29, 0.717) is 6.20 Å². The van der Waals surface area contributed by atoms with Crippen LogP contribution in [0.2, 0.25) is 15.1 Å². The Morgan fingerprint density at radius 1 is 1.12 bits per heavy atom. The zero-order valence-electron chi connectivity index (χ0n) is 11.7. The lowest BCUT2D eigenvalue weighted by Gasteiger charge is -2.11. The van der Waals surface area contributed by atoms with Crippen LogP contribution in [-0.4, -0.2) is 10.9 Å². The molecule has 0 saturated heterocycles. The van der Waals surface area contributed by atoms with Crippen LogP contribution in [0.25, 0.3) is 0 Å². The average Bonchev–Trinajstić information content (AvgIpc) is 2.47. The predicted octanol–water partition coefficient (Wildman–Crippen LogP) is 4.50. The van der Waals surface area contributed by atoms with Crippen molar-refractivity contribution in [3.05, 3.63) is 62.4 Å². The van der Waals surface area contributed by atoms with Gasteiger partial charge in [0.25, 0.3) is 5.91 Å². The zero-order valence-corrected chi connectivity index (χ0v) is 14.0. The molecule has 0 aliphatic carbocycles. The number of nitrogens with zero attached hydrogens (tertiary/aromatic N) is 1. The van der Waals surface area contributed by atoms with E-state index in [9.17, 15) is 18.0 Å². The molecule has 1 amide bonds. The molecule has 1 aromatic heterocycles. The van der Waals surface area contributed by atoms with E-state index in [1.54, 1.807) is 6.07 Å². The Morgan fingerprint density at radius 2 is 1.75 bits per heavy atom. The van der Waals surface area contributed by atoms with E-state index in [-0.39, 0.29) is 32.9 Å². The maximum atomic E-state index is 12.5. The summed E-state index contributed by atoms with van der Waals surface area (Å²) in [6, 6.07) is 5.34. The van der Waals surface area contributed by atoms with Crippen LogP contribution in [0.4, 0.5) is 13.2 Å². The van der Waals surface area contributed by atoms with Crippen LogP contribution in [0.15, 0.2) is 30.5 Å². The third-order valence-electron chi connectivity index (χ3n) is 2.89. The molecule has 0 aliphatic heterocycles. The number of hydrazine groups is 1. The average molecular weight is 399 g/mol. The Kier molecular flexibility index (Phi) is 5.92. The molecule has 0 saturated carbocycles. The first kappa shape index (κ1) is 18.8. The summed E-state index contributed by atoms with van der Waals surface area (Å²) in [5.74, 6) is -0.603. The minimum absolute atomic E-state index is 0.0693. The van der Waals surface area contributed by atoms with E-state index in [4.69, 9.17) is 34.8 Å². The Hall–Kier alpha value is -1.54. The third kappa shape index (κ3) is 4.51.